The summed E-state index contributed by atoms with van der Waals surface area (Å²) in [6.45, 7) is 0. The number of aromatic nitrogens is 1. The van der Waals surface area contributed by atoms with Crippen LogP contribution in [0.5, 0.6) is 0 Å². The number of nitrogens with two attached hydrogens (primary N) is 1. The number of sulfonamides is 1. The van der Waals surface area contributed by atoms with Crippen LogP contribution in [-0.4, -0.2) is 13.0 Å². The third kappa shape index (κ3) is 2.96. The standard InChI is InChI=1S/C17H11F2N3O3S/c18-13-8-15(14(19)7-10(13)5-6-20)22-9-16(26(21,24)25)11-3-1-2-4-12(11)17(22)23/h1-4,7-9H,5H2,(H2,21,24,25). The second-order valence-electron chi connectivity index (χ2n) is 5.49. The highest BCUT2D eigenvalue weighted by Crippen LogP contribution is 2.23. The van der Waals surface area contributed by atoms with Gasteiger partial charge < -0.3 is 0 Å². The van der Waals surface area contributed by atoms with Crippen molar-refractivity contribution >= 4 is 20.8 Å². The van der Waals surface area contributed by atoms with Crippen LogP contribution < -0.4 is 10.7 Å². The molecule has 0 aliphatic carbocycles. The normalized spacial score (nSPS) is 11.5. The van der Waals surface area contributed by atoms with E-state index >= 15 is 0 Å². The molecule has 2 aromatic carbocycles. The fraction of sp³-hybridized carbons (Fsp3) is 0.0588. The molecule has 0 amide bonds. The Morgan fingerprint density at radius 2 is 1.77 bits per heavy atom. The number of halogens is 2. The van der Waals surface area contributed by atoms with Crippen molar-refractivity contribution in [3.05, 3.63) is 70.1 Å². The van der Waals surface area contributed by atoms with Crippen LogP contribution in [-0.2, 0) is 16.4 Å². The van der Waals surface area contributed by atoms with E-state index in [9.17, 15) is 22.0 Å². The second-order valence-corrected chi connectivity index (χ2v) is 7.02. The maximum atomic E-state index is 14.4. The van der Waals surface area contributed by atoms with Crippen LogP contribution in [0.2, 0.25) is 0 Å². The summed E-state index contributed by atoms with van der Waals surface area (Å²) in [7, 11) is -4.24. The van der Waals surface area contributed by atoms with Crippen LogP contribution in [0.15, 0.2) is 52.3 Å². The lowest BCUT2D eigenvalue weighted by atomic mass is 10.1. The van der Waals surface area contributed by atoms with Gasteiger partial charge in [-0.1, -0.05) is 18.2 Å². The molecule has 26 heavy (non-hydrogen) atoms. The lowest BCUT2D eigenvalue weighted by Gasteiger charge is -2.13. The summed E-state index contributed by atoms with van der Waals surface area (Å²) in [5.74, 6) is -1.87. The number of primary sulfonamides is 1. The average Bonchev–Trinajstić information content (AvgIpc) is 2.58. The minimum absolute atomic E-state index is 0.0139. The average molecular weight is 375 g/mol. The molecule has 0 radical (unpaired) electrons. The van der Waals surface area contributed by atoms with Crippen molar-refractivity contribution in [3.8, 4) is 11.8 Å². The van der Waals surface area contributed by atoms with Crippen LogP contribution in [0, 0.1) is 23.0 Å². The first kappa shape index (κ1) is 17.7. The van der Waals surface area contributed by atoms with Crippen LogP contribution in [0.4, 0.5) is 8.78 Å². The second kappa shape index (κ2) is 6.33. The number of nitriles is 1. The van der Waals surface area contributed by atoms with Gasteiger partial charge in [0.2, 0.25) is 10.0 Å². The molecular weight excluding hydrogens is 364 g/mol. The molecule has 0 saturated heterocycles. The molecule has 3 aromatic rings. The molecule has 0 unspecified atom stereocenters. The van der Waals surface area contributed by atoms with Crippen LogP contribution >= 0.6 is 0 Å². The highest BCUT2D eigenvalue weighted by atomic mass is 32.2. The number of rotatable bonds is 3. The van der Waals surface area contributed by atoms with E-state index in [0.717, 1.165) is 18.3 Å². The summed E-state index contributed by atoms with van der Waals surface area (Å²) in [6.07, 6.45) is 0.514. The molecule has 0 atom stereocenters. The Morgan fingerprint density at radius 3 is 2.38 bits per heavy atom. The highest BCUT2D eigenvalue weighted by Gasteiger charge is 2.20. The first-order valence-corrected chi connectivity index (χ1v) is 8.81. The minimum atomic E-state index is -4.24. The zero-order chi connectivity index (χ0) is 19.1. The van der Waals surface area contributed by atoms with Gasteiger partial charge in [-0.15, -0.1) is 0 Å². The number of hydrogen-bond acceptors (Lipinski definition) is 4. The van der Waals surface area contributed by atoms with E-state index in [-0.39, 0.29) is 22.8 Å². The first-order chi connectivity index (χ1) is 12.2. The molecule has 2 N–H and O–H groups in total. The molecule has 1 heterocycles. The van der Waals surface area contributed by atoms with Gasteiger partial charge in [0.1, 0.15) is 16.5 Å². The summed E-state index contributed by atoms with van der Waals surface area (Å²) < 4.78 is 53.0. The molecule has 0 aliphatic heterocycles. The third-order valence-electron chi connectivity index (χ3n) is 3.84. The lowest BCUT2D eigenvalue weighted by Crippen LogP contribution is -2.23. The predicted molar refractivity (Wildman–Crippen MR) is 90.2 cm³/mol. The maximum absolute atomic E-state index is 14.4. The van der Waals surface area contributed by atoms with Crippen molar-refractivity contribution in [1.29, 1.82) is 5.26 Å². The molecule has 3 rings (SSSR count). The minimum Gasteiger partial charge on any atom is -0.279 e. The Morgan fingerprint density at radius 1 is 1.12 bits per heavy atom. The first-order valence-electron chi connectivity index (χ1n) is 7.26. The molecule has 0 aliphatic rings. The molecule has 9 heteroatoms. The van der Waals surface area contributed by atoms with E-state index in [1.807, 2.05) is 0 Å². The third-order valence-corrected chi connectivity index (χ3v) is 4.78. The molecular formula is C17H11F2N3O3S. The lowest BCUT2D eigenvalue weighted by molar-refractivity contribution is 0.580. The topological polar surface area (TPSA) is 106 Å². The summed E-state index contributed by atoms with van der Waals surface area (Å²) in [4.78, 5) is 12.3. The Balaban J connectivity index is 2.41. The van der Waals surface area contributed by atoms with Crippen molar-refractivity contribution in [2.45, 2.75) is 11.3 Å². The van der Waals surface area contributed by atoms with Crippen LogP contribution in [0.25, 0.3) is 16.5 Å². The van der Waals surface area contributed by atoms with Gasteiger partial charge in [-0.3, -0.25) is 9.36 Å². The number of pyridine rings is 1. The van der Waals surface area contributed by atoms with Crippen LogP contribution in [0.1, 0.15) is 5.56 Å². The Kier molecular flexibility index (Phi) is 4.31. The zero-order valence-electron chi connectivity index (χ0n) is 13.1. The Bertz CT molecular complexity index is 1240. The number of nitrogens with zero attached hydrogens (tertiary/aromatic N) is 2. The number of fused-ring (bicyclic) bond motifs is 1. The summed E-state index contributed by atoms with van der Waals surface area (Å²) in [6, 6.07) is 9.04. The van der Waals surface area contributed by atoms with Gasteiger partial charge in [0.05, 0.1) is 18.2 Å². The molecule has 0 spiro atoms. The molecule has 0 fully saturated rings. The van der Waals surface area contributed by atoms with Crippen molar-refractivity contribution in [2.75, 3.05) is 0 Å². The van der Waals surface area contributed by atoms with E-state index in [2.05, 4.69) is 0 Å². The Labute approximate surface area is 146 Å². The van der Waals surface area contributed by atoms with Gasteiger partial charge in [-0.25, -0.2) is 22.3 Å². The van der Waals surface area contributed by atoms with Crippen molar-refractivity contribution in [3.63, 3.8) is 0 Å². The molecule has 0 saturated carbocycles. The molecule has 132 valence electrons. The Hall–Kier alpha value is -3.09. The van der Waals surface area contributed by atoms with E-state index in [1.54, 1.807) is 6.07 Å². The van der Waals surface area contributed by atoms with Gasteiger partial charge in [0.15, 0.2) is 0 Å². The summed E-state index contributed by atoms with van der Waals surface area (Å²) in [5, 5.41) is 13.9. The van der Waals surface area contributed by atoms with Crippen molar-refractivity contribution in [2.24, 2.45) is 5.14 Å². The summed E-state index contributed by atoms with van der Waals surface area (Å²) >= 11 is 0. The predicted octanol–water partition coefficient (Wildman–Crippen LogP) is 1.98. The monoisotopic (exact) mass is 375 g/mol. The van der Waals surface area contributed by atoms with Crippen LogP contribution in [0.3, 0.4) is 0 Å². The fourth-order valence-corrected chi connectivity index (χ4v) is 3.38. The fourth-order valence-electron chi connectivity index (χ4n) is 2.65. The van der Waals surface area contributed by atoms with E-state index in [0.29, 0.717) is 4.57 Å². The molecule has 0 bridgehead atoms. The molecule has 1 aromatic heterocycles. The van der Waals surface area contributed by atoms with E-state index < -0.39 is 37.8 Å². The maximum Gasteiger partial charge on any atom is 0.263 e. The number of hydrogen-bond donors (Lipinski definition) is 1. The van der Waals surface area contributed by atoms with Gasteiger partial charge in [-0.05, 0) is 12.1 Å². The largest absolute Gasteiger partial charge is 0.279 e. The number of benzene rings is 2. The smallest absolute Gasteiger partial charge is 0.263 e. The van der Waals surface area contributed by atoms with E-state index in [1.165, 1.54) is 24.3 Å². The van der Waals surface area contributed by atoms with Gasteiger partial charge >= 0.3 is 0 Å². The van der Waals surface area contributed by atoms with E-state index in [4.69, 9.17) is 10.4 Å². The van der Waals surface area contributed by atoms with Gasteiger partial charge in [0.25, 0.3) is 5.56 Å². The molecule has 6 nitrogen and oxygen atoms in total. The van der Waals surface area contributed by atoms with Crippen molar-refractivity contribution < 1.29 is 17.2 Å². The van der Waals surface area contributed by atoms with Gasteiger partial charge in [0, 0.05) is 28.6 Å². The van der Waals surface area contributed by atoms with Gasteiger partial charge in [-0.2, -0.15) is 5.26 Å². The highest BCUT2D eigenvalue weighted by molar-refractivity contribution is 7.89. The zero-order valence-corrected chi connectivity index (χ0v) is 13.9. The quantitative estimate of drug-likeness (QED) is 0.755. The van der Waals surface area contributed by atoms with Crippen molar-refractivity contribution in [1.82, 2.24) is 4.57 Å². The SMILES string of the molecule is N#CCc1cc(F)c(-n2cc(S(N)(=O)=O)c3ccccc3c2=O)cc1F. The summed E-state index contributed by atoms with van der Waals surface area (Å²) in [5.41, 5.74) is -1.39.